The van der Waals surface area contributed by atoms with E-state index in [1.165, 1.54) is 0 Å². The first kappa shape index (κ1) is 11.0. The second-order valence-electron chi connectivity index (χ2n) is 3.54. The summed E-state index contributed by atoms with van der Waals surface area (Å²) < 4.78 is 4.99. The minimum Gasteiger partial charge on any atom is -0.503 e. The number of aliphatic hydroxyl groups excluding tert-OH is 1. The Morgan fingerprint density at radius 3 is 2.86 bits per heavy atom. The third-order valence-corrected chi connectivity index (χ3v) is 2.46. The molecule has 1 unspecified atom stereocenters. The largest absolute Gasteiger partial charge is 0.503 e. The van der Waals surface area contributed by atoms with Gasteiger partial charge in [0.15, 0.2) is 5.76 Å². The normalized spacial score (nSPS) is 23.9. The molecule has 2 atom stereocenters. The van der Waals surface area contributed by atoms with Crippen LogP contribution in [0.2, 0.25) is 0 Å². The van der Waals surface area contributed by atoms with Gasteiger partial charge in [-0.15, -0.1) is 0 Å². The van der Waals surface area contributed by atoms with Gasteiger partial charge in [-0.3, -0.25) is 4.79 Å². The predicted molar refractivity (Wildman–Crippen MR) is 53.0 cm³/mol. The Hall–Kier alpha value is -1.03. The average Bonchev–Trinajstić information content (AvgIpc) is 2.43. The summed E-state index contributed by atoms with van der Waals surface area (Å²) in [5.41, 5.74) is 0. The summed E-state index contributed by atoms with van der Waals surface area (Å²) in [5.74, 6) is -0.429. The molecule has 0 aromatic rings. The van der Waals surface area contributed by atoms with E-state index in [2.05, 4.69) is 0 Å². The van der Waals surface area contributed by atoms with Gasteiger partial charge < -0.3 is 14.7 Å². The number of carbonyl (C=O) groups excluding carboxylic acids is 1. The van der Waals surface area contributed by atoms with E-state index in [0.29, 0.717) is 6.61 Å². The van der Waals surface area contributed by atoms with Crippen LogP contribution in [0.3, 0.4) is 0 Å². The molecule has 1 amide bonds. The van der Waals surface area contributed by atoms with Crippen LogP contribution in [-0.2, 0) is 9.53 Å². The molecule has 0 bridgehead atoms. The Bertz CT molecular complexity index is 250. The molecule has 0 aliphatic carbocycles. The molecule has 0 aromatic carbocycles. The monoisotopic (exact) mass is 199 g/mol. The van der Waals surface area contributed by atoms with Crippen LogP contribution < -0.4 is 0 Å². The van der Waals surface area contributed by atoms with Crippen molar-refractivity contribution < 1.29 is 14.6 Å². The molecule has 0 fully saturated rings. The number of rotatable bonds is 4. The van der Waals surface area contributed by atoms with Gasteiger partial charge in [-0.05, 0) is 19.4 Å². The Balaban J connectivity index is 2.73. The number of hydrogen-bond acceptors (Lipinski definition) is 3. The number of methoxy groups -OCH3 is 1. The fourth-order valence-corrected chi connectivity index (χ4v) is 1.78. The second kappa shape index (κ2) is 4.46. The van der Waals surface area contributed by atoms with E-state index >= 15 is 0 Å². The fraction of sp³-hybridized carbons (Fsp3) is 0.700. The Morgan fingerprint density at radius 1 is 1.71 bits per heavy atom. The second-order valence-corrected chi connectivity index (χ2v) is 3.54. The maximum absolute atomic E-state index is 11.5. The summed E-state index contributed by atoms with van der Waals surface area (Å²) in [6.07, 6.45) is 2.42. The lowest BCUT2D eigenvalue weighted by atomic mass is 10.2. The maximum Gasteiger partial charge on any atom is 0.289 e. The van der Waals surface area contributed by atoms with E-state index in [1.54, 1.807) is 18.1 Å². The SMILES string of the molecule is CCC1C=C(O)C(=O)N1[C@@H](C)COC. The average molecular weight is 199 g/mol. The lowest BCUT2D eigenvalue weighted by Crippen LogP contribution is -2.43. The van der Waals surface area contributed by atoms with Crippen molar-refractivity contribution in [2.45, 2.75) is 32.4 Å². The van der Waals surface area contributed by atoms with Crippen molar-refractivity contribution in [1.29, 1.82) is 0 Å². The maximum atomic E-state index is 11.5. The highest BCUT2D eigenvalue weighted by atomic mass is 16.5. The molecule has 1 N–H and O–H groups in total. The van der Waals surface area contributed by atoms with Crippen LogP contribution in [0.15, 0.2) is 11.8 Å². The molecule has 4 heteroatoms. The first-order valence-electron chi connectivity index (χ1n) is 4.84. The number of aliphatic hydroxyl groups is 1. The number of ether oxygens (including phenoxy) is 1. The van der Waals surface area contributed by atoms with Gasteiger partial charge in [-0.25, -0.2) is 0 Å². The topological polar surface area (TPSA) is 49.8 Å². The number of nitrogens with zero attached hydrogens (tertiary/aromatic N) is 1. The van der Waals surface area contributed by atoms with Crippen LogP contribution in [0, 0.1) is 0 Å². The highest BCUT2D eigenvalue weighted by molar-refractivity contribution is 5.94. The molecule has 14 heavy (non-hydrogen) atoms. The highest BCUT2D eigenvalue weighted by Gasteiger charge is 2.34. The van der Waals surface area contributed by atoms with Gasteiger partial charge in [-0.2, -0.15) is 0 Å². The Morgan fingerprint density at radius 2 is 2.36 bits per heavy atom. The lowest BCUT2D eigenvalue weighted by molar-refractivity contribution is -0.132. The van der Waals surface area contributed by atoms with Crippen LogP contribution in [0.4, 0.5) is 0 Å². The minimum absolute atomic E-state index is 0.00153. The Kier molecular flexibility index (Phi) is 3.52. The number of hydrogen-bond donors (Lipinski definition) is 1. The van der Waals surface area contributed by atoms with Gasteiger partial charge in [0.2, 0.25) is 0 Å². The first-order valence-corrected chi connectivity index (χ1v) is 4.84. The fourth-order valence-electron chi connectivity index (χ4n) is 1.78. The standard InChI is InChI=1S/C10H17NO3/c1-4-8-5-9(12)10(13)11(8)7(2)6-14-3/h5,7-8,12H,4,6H2,1-3H3/t7-,8?/m0/s1. The van der Waals surface area contributed by atoms with Crippen LogP contribution in [-0.4, -0.2) is 41.7 Å². The van der Waals surface area contributed by atoms with Crippen molar-refractivity contribution in [2.75, 3.05) is 13.7 Å². The van der Waals surface area contributed by atoms with Crippen molar-refractivity contribution in [2.24, 2.45) is 0 Å². The van der Waals surface area contributed by atoms with Gasteiger partial charge in [0.05, 0.1) is 18.7 Å². The van der Waals surface area contributed by atoms with E-state index in [9.17, 15) is 9.90 Å². The van der Waals surface area contributed by atoms with E-state index in [4.69, 9.17) is 4.74 Å². The molecule has 1 heterocycles. The zero-order valence-corrected chi connectivity index (χ0v) is 8.86. The summed E-state index contributed by atoms with van der Waals surface area (Å²) >= 11 is 0. The summed E-state index contributed by atoms with van der Waals surface area (Å²) in [6, 6.07) is 0.00556. The molecule has 0 spiro atoms. The summed E-state index contributed by atoms with van der Waals surface area (Å²) in [4.78, 5) is 13.2. The molecule has 4 nitrogen and oxygen atoms in total. The van der Waals surface area contributed by atoms with Crippen molar-refractivity contribution in [1.82, 2.24) is 4.90 Å². The molecule has 0 aromatic heterocycles. The van der Waals surface area contributed by atoms with E-state index < -0.39 is 0 Å². The third-order valence-electron chi connectivity index (χ3n) is 2.46. The minimum atomic E-state index is -0.290. The van der Waals surface area contributed by atoms with Gasteiger partial charge >= 0.3 is 0 Å². The van der Waals surface area contributed by atoms with Gasteiger partial charge in [0.25, 0.3) is 5.91 Å². The Labute approximate surface area is 84.2 Å². The quantitative estimate of drug-likeness (QED) is 0.737. The highest BCUT2D eigenvalue weighted by Crippen LogP contribution is 2.21. The zero-order valence-electron chi connectivity index (χ0n) is 8.86. The van der Waals surface area contributed by atoms with E-state index in [-0.39, 0.29) is 23.8 Å². The van der Waals surface area contributed by atoms with Crippen LogP contribution in [0.25, 0.3) is 0 Å². The lowest BCUT2D eigenvalue weighted by Gasteiger charge is -2.29. The molecular formula is C10H17NO3. The summed E-state index contributed by atoms with van der Waals surface area (Å²) in [6.45, 7) is 4.39. The molecular weight excluding hydrogens is 182 g/mol. The van der Waals surface area contributed by atoms with Crippen molar-refractivity contribution in [3.05, 3.63) is 11.8 Å². The molecule has 0 saturated heterocycles. The number of amides is 1. The van der Waals surface area contributed by atoms with Crippen molar-refractivity contribution in [3.8, 4) is 0 Å². The van der Waals surface area contributed by atoms with Crippen LogP contribution >= 0.6 is 0 Å². The third kappa shape index (κ3) is 1.90. The van der Waals surface area contributed by atoms with Crippen LogP contribution in [0.5, 0.6) is 0 Å². The van der Waals surface area contributed by atoms with E-state index in [0.717, 1.165) is 6.42 Å². The molecule has 0 radical (unpaired) electrons. The van der Waals surface area contributed by atoms with Crippen molar-refractivity contribution >= 4 is 5.91 Å². The van der Waals surface area contributed by atoms with Gasteiger partial charge in [0.1, 0.15) is 0 Å². The summed E-state index contributed by atoms with van der Waals surface area (Å²) in [5, 5.41) is 9.32. The van der Waals surface area contributed by atoms with Gasteiger partial charge in [-0.1, -0.05) is 6.92 Å². The summed E-state index contributed by atoms with van der Waals surface area (Å²) in [7, 11) is 1.60. The zero-order chi connectivity index (χ0) is 10.7. The molecule has 0 saturated carbocycles. The van der Waals surface area contributed by atoms with Gasteiger partial charge in [0, 0.05) is 7.11 Å². The molecule has 80 valence electrons. The van der Waals surface area contributed by atoms with Crippen LogP contribution in [0.1, 0.15) is 20.3 Å². The molecule has 1 rings (SSSR count). The first-order chi connectivity index (χ1) is 6.61. The smallest absolute Gasteiger partial charge is 0.289 e. The van der Waals surface area contributed by atoms with Crippen molar-refractivity contribution in [3.63, 3.8) is 0 Å². The molecule has 1 aliphatic rings. The predicted octanol–water partition coefficient (Wildman–Crippen LogP) is 1.08. The number of carbonyl (C=O) groups is 1. The molecule has 1 aliphatic heterocycles. The van der Waals surface area contributed by atoms with E-state index in [1.807, 2.05) is 13.8 Å².